The van der Waals surface area contributed by atoms with Gasteiger partial charge < -0.3 is 0 Å². The molecule has 0 aliphatic carbocycles. The molecule has 1 aromatic carbocycles. The van der Waals surface area contributed by atoms with Crippen molar-refractivity contribution in [3.8, 4) is 0 Å². The van der Waals surface area contributed by atoms with Gasteiger partial charge in [0.1, 0.15) is 17.9 Å². The second-order valence-electron chi connectivity index (χ2n) is 6.62. The van der Waals surface area contributed by atoms with Crippen molar-refractivity contribution in [2.75, 3.05) is 4.90 Å². The van der Waals surface area contributed by atoms with Crippen molar-refractivity contribution in [3.63, 3.8) is 0 Å². The number of benzene rings is 1. The van der Waals surface area contributed by atoms with Crippen molar-refractivity contribution in [3.05, 3.63) is 71.3 Å². The number of aromatic nitrogens is 4. The Balaban J connectivity index is 1.72. The fourth-order valence-electron chi connectivity index (χ4n) is 3.03. The number of hydrogen-bond donors (Lipinski definition) is 0. The molecule has 0 unspecified atom stereocenters. The SMILES string of the molecule is Cc1cc(C)n(CC(=O)N(Cc2ccccn2)c2nc3c(F)cc(F)cc3s2)n1. The Bertz CT molecular complexity index is 1190. The molecule has 3 aromatic heterocycles. The summed E-state index contributed by atoms with van der Waals surface area (Å²) in [5.74, 6) is -1.72. The summed E-state index contributed by atoms with van der Waals surface area (Å²) < 4.78 is 29.7. The number of rotatable bonds is 5. The Morgan fingerprint density at radius 2 is 2.03 bits per heavy atom. The van der Waals surface area contributed by atoms with Gasteiger partial charge in [-0.15, -0.1) is 0 Å². The Morgan fingerprint density at radius 1 is 1.21 bits per heavy atom. The van der Waals surface area contributed by atoms with E-state index in [9.17, 15) is 13.6 Å². The first-order valence-corrected chi connectivity index (χ1v) is 9.69. The second kappa shape index (κ2) is 7.67. The van der Waals surface area contributed by atoms with E-state index in [4.69, 9.17) is 0 Å². The number of thiazole rings is 1. The number of hydrogen-bond acceptors (Lipinski definition) is 5. The molecule has 6 nitrogen and oxygen atoms in total. The zero-order valence-corrected chi connectivity index (χ0v) is 16.6. The topological polar surface area (TPSA) is 63.9 Å². The highest BCUT2D eigenvalue weighted by atomic mass is 32.1. The third-order valence-corrected chi connectivity index (χ3v) is 5.39. The molecule has 1 amide bonds. The Hall–Kier alpha value is -3.20. The first-order valence-electron chi connectivity index (χ1n) is 8.87. The molecule has 0 aliphatic heterocycles. The Labute approximate surface area is 169 Å². The zero-order chi connectivity index (χ0) is 20.5. The predicted octanol–water partition coefficient (Wildman–Crippen LogP) is 4.02. The molecule has 0 N–H and O–H groups in total. The minimum atomic E-state index is -0.758. The van der Waals surface area contributed by atoms with Crippen LogP contribution in [-0.2, 0) is 17.9 Å². The van der Waals surface area contributed by atoms with Crippen molar-refractivity contribution in [2.45, 2.75) is 26.9 Å². The van der Waals surface area contributed by atoms with Gasteiger partial charge in [0, 0.05) is 18.0 Å². The van der Waals surface area contributed by atoms with E-state index in [1.807, 2.05) is 26.0 Å². The summed E-state index contributed by atoms with van der Waals surface area (Å²) in [5.41, 5.74) is 2.35. The molecule has 0 saturated heterocycles. The fraction of sp³-hybridized carbons (Fsp3) is 0.200. The largest absolute Gasteiger partial charge is 0.280 e. The van der Waals surface area contributed by atoms with Crippen molar-refractivity contribution in [1.29, 1.82) is 0 Å². The van der Waals surface area contributed by atoms with Crippen LogP contribution in [-0.4, -0.2) is 25.7 Å². The third kappa shape index (κ3) is 4.00. The molecule has 3 heterocycles. The predicted molar refractivity (Wildman–Crippen MR) is 107 cm³/mol. The monoisotopic (exact) mass is 413 g/mol. The van der Waals surface area contributed by atoms with Gasteiger partial charge in [0.2, 0.25) is 0 Å². The minimum absolute atomic E-state index is 0.000719. The maximum atomic E-state index is 14.1. The molecule has 0 saturated carbocycles. The van der Waals surface area contributed by atoms with E-state index in [2.05, 4.69) is 15.1 Å². The summed E-state index contributed by atoms with van der Waals surface area (Å²) in [5, 5.41) is 4.61. The molecular weight excluding hydrogens is 396 g/mol. The van der Waals surface area contributed by atoms with Crippen LogP contribution in [0.25, 0.3) is 10.2 Å². The maximum absolute atomic E-state index is 14.1. The highest BCUT2D eigenvalue weighted by Crippen LogP contribution is 2.32. The number of pyridine rings is 1. The van der Waals surface area contributed by atoms with E-state index in [1.165, 1.54) is 11.0 Å². The third-order valence-electron chi connectivity index (χ3n) is 4.37. The van der Waals surface area contributed by atoms with Crippen LogP contribution in [0.1, 0.15) is 17.1 Å². The maximum Gasteiger partial charge on any atom is 0.250 e. The molecule has 4 aromatic rings. The number of carbonyl (C=O) groups excluding carboxylic acids is 1. The highest BCUT2D eigenvalue weighted by molar-refractivity contribution is 7.22. The molecule has 148 valence electrons. The summed E-state index contributed by atoms with van der Waals surface area (Å²) in [7, 11) is 0. The van der Waals surface area contributed by atoms with Crippen LogP contribution in [0.15, 0.2) is 42.6 Å². The van der Waals surface area contributed by atoms with Gasteiger partial charge in [0.15, 0.2) is 10.9 Å². The van der Waals surface area contributed by atoms with Crippen molar-refractivity contribution < 1.29 is 13.6 Å². The molecule has 9 heteroatoms. The molecule has 0 aliphatic rings. The van der Waals surface area contributed by atoms with Gasteiger partial charge >= 0.3 is 0 Å². The van der Waals surface area contributed by atoms with E-state index in [0.29, 0.717) is 10.4 Å². The molecule has 0 bridgehead atoms. The first kappa shape index (κ1) is 19.1. The van der Waals surface area contributed by atoms with Crippen molar-refractivity contribution in [2.24, 2.45) is 0 Å². The van der Waals surface area contributed by atoms with E-state index in [1.54, 1.807) is 23.0 Å². The molecule has 29 heavy (non-hydrogen) atoms. The first-order chi connectivity index (χ1) is 13.9. The number of aryl methyl sites for hydroxylation is 2. The van der Waals surface area contributed by atoms with Crippen LogP contribution in [0, 0.1) is 25.5 Å². The van der Waals surface area contributed by atoms with Gasteiger partial charge in [-0.05, 0) is 38.1 Å². The van der Waals surface area contributed by atoms with Crippen LogP contribution >= 0.6 is 11.3 Å². The number of carbonyl (C=O) groups is 1. The van der Waals surface area contributed by atoms with Gasteiger partial charge in [0.05, 0.1) is 22.6 Å². The van der Waals surface area contributed by atoms with Gasteiger partial charge in [0.25, 0.3) is 5.91 Å². The van der Waals surface area contributed by atoms with Crippen LogP contribution in [0.4, 0.5) is 13.9 Å². The lowest BCUT2D eigenvalue weighted by molar-refractivity contribution is -0.119. The quantitative estimate of drug-likeness (QED) is 0.496. The van der Waals surface area contributed by atoms with E-state index in [0.717, 1.165) is 28.8 Å². The Morgan fingerprint density at radius 3 is 2.72 bits per heavy atom. The number of fused-ring (bicyclic) bond motifs is 1. The van der Waals surface area contributed by atoms with Gasteiger partial charge in [-0.3, -0.25) is 19.4 Å². The van der Waals surface area contributed by atoms with Crippen molar-refractivity contribution in [1.82, 2.24) is 19.7 Å². The Kier molecular flexibility index (Phi) is 5.06. The smallest absolute Gasteiger partial charge is 0.250 e. The summed E-state index contributed by atoms with van der Waals surface area (Å²) in [6.45, 7) is 3.87. The molecule has 0 radical (unpaired) electrons. The molecule has 0 atom stereocenters. The van der Waals surface area contributed by atoms with Crippen LogP contribution < -0.4 is 4.90 Å². The average molecular weight is 413 g/mol. The van der Waals surface area contributed by atoms with Crippen LogP contribution in [0.5, 0.6) is 0 Å². The molecular formula is C20H17F2N5OS. The molecule has 4 rings (SSSR count). The summed E-state index contributed by atoms with van der Waals surface area (Å²) in [6.07, 6.45) is 1.63. The lowest BCUT2D eigenvalue weighted by Gasteiger charge is -2.20. The minimum Gasteiger partial charge on any atom is -0.280 e. The van der Waals surface area contributed by atoms with Gasteiger partial charge in [-0.2, -0.15) is 5.10 Å². The van der Waals surface area contributed by atoms with E-state index >= 15 is 0 Å². The summed E-state index contributed by atoms with van der Waals surface area (Å²) in [6, 6.07) is 9.26. The number of nitrogens with zero attached hydrogens (tertiary/aromatic N) is 5. The summed E-state index contributed by atoms with van der Waals surface area (Å²) >= 11 is 1.06. The zero-order valence-electron chi connectivity index (χ0n) is 15.8. The van der Waals surface area contributed by atoms with E-state index in [-0.39, 0.29) is 29.6 Å². The van der Waals surface area contributed by atoms with E-state index < -0.39 is 11.6 Å². The van der Waals surface area contributed by atoms with Gasteiger partial charge in [-0.1, -0.05) is 17.4 Å². The second-order valence-corrected chi connectivity index (χ2v) is 7.63. The molecule has 0 spiro atoms. The number of halogens is 2. The van der Waals surface area contributed by atoms with Crippen LogP contribution in [0.2, 0.25) is 0 Å². The molecule has 0 fully saturated rings. The highest BCUT2D eigenvalue weighted by Gasteiger charge is 2.23. The van der Waals surface area contributed by atoms with Crippen molar-refractivity contribution >= 4 is 32.6 Å². The number of amides is 1. The standard InChI is InChI=1S/C20H17F2N5OS/c1-12-7-13(2)27(25-12)11-18(28)26(10-15-5-3-4-6-23-15)20-24-19-16(22)8-14(21)9-17(19)29-20/h3-9H,10-11H2,1-2H3. The van der Waals surface area contributed by atoms with Crippen LogP contribution in [0.3, 0.4) is 0 Å². The number of anilines is 1. The average Bonchev–Trinajstić information content (AvgIpc) is 3.23. The summed E-state index contributed by atoms with van der Waals surface area (Å²) in [4.78, 5) is 23.1. The lowest BCUT2D eigenvalue weighted by atomic mass is 10.3. The lowest BCUT2D eigenvalue weighted by Crippen LogP contribution is -2.34. The van der Waals surface area contributed by atoms with Gasteiger partial charge in [-0.25, -0.2) is 13.8 Å². The normalized spacial score (nSPS) is 11.2. The fourth-order valence-corrected chi connectivity index (χ4v) is 4.05.